The fourth-order valence-electron chi connectivity index (χ4n) is 2.47. The molecule has 0 amide bonds. The molecule has 0 spiro atoms. The number of ketones is 1. The molecule has 3 aromatic carbocycles. The first-order valence-corrected chi connectivity index (χ1v) is 10.5. The average molecular weight is 383 g/mol. The predicted molar refractivity (Wildman–Crippen MR) is 105 cm³/mol. The number of carbonyl (C=O) groups excluding carboxylic acids is 1. The molecular weight excluding hydrogens is 364 g/mol. The van der Waals surface area contributed by atoms with Gasteiger partial charge >= 0.3 is 0 Å². The Bertz CT molecular complexity index is 980. The van der Waals surface area contributed by atoms with Gasteiger partial charge in [0.25, 0.3) is 0 Å². The van der Waals surface area contributed by atoms with E-state index in [-0.39, 0.29) is 4.90 Å². The molecule has 0 saturated carbocycles. The van der Waals surface area contributed by atoms with Crippen LogP contribution in [0.3, 0.4) is 0 Å². The molecule has 0 aliphatic heterocycles. The van der Waals surface area contributed by atoms with Gasteiger partial charge in [-0.2, -0.15) is 0 Å². The minimum atomic E-state index is -3.84. The van der Waals surface area contributed by atoms with Crippen molar-refractivity contribution in [2.45, 2.75) is 21.3 Å². The summed E-state index contributed by atoms with van der Waals surface area (Å²) in [7, 11) is -3.84. The van der Waals surface area contributed by atoms with Crippen LogP contribution < -0.4 is 0 Å². The molecule has 0 aromatic heterocycles. The maximum Gasteiger partial charge on any atom is 0.198 e. The van der Waals surface area contributed by atoms with Crippen LogP contribution in [0.2, 0.25) is 0 Å². The Labute approximate surface area is 158 Å². The van der Waals surface area contributed by atoms with Crippen LogP contribution in [0, 0.1) is 6.92 Å². The summed E-state index contributed by atoms with van der Waals surface area (Å²) in [5.74, 6) is -0.417. The van der Waals surface area contributed by atoms with Crippen LogP contribution in [0.1, 0.15) is 15.9 Å². The van der Waals surface area contributed by atoms with Gasteiger partial charge in [-0.25, -0.2) is 8.42 Å². The van der Waals surface area contributed by atoms with Gasteiger partial charge in [0, 0.05) is 10.5 Å². The van der Waals surface area contributed by atoms with Gasteiger partial charge < -0.3 is 0 Å². The number of hydrogen-bond donors (Lipinski definition) is 0. The standard InChI is InChI=1S/C21H18O3S2/c1-16-12-14-18(15-13-16)25-21(20(22)17-8-4-2-5-9-17)26(23,24)19-10-6-3-7-11-19/h2-15,21H,1H3. The van der Waals surface area contributed by atoms with Gasteiger partial charge in [-0.05, 0) is 31.2 Å². The maximum absolute atomic E-state index is 13.2. The molecule has 0 saturated heterocycles. The molecule has 132 valence electrons. The SMILES string of the molecule is Cc1ccc(SC(C(=O)c2ccccc2)S(=O)(=O)c2ccccc2)cc1. The van der Waals surface area contributed by atoms with Crippen molar-refractivity contribution in [3.05, 3.63) is 96.1 Å². The lowest BCUT2D eigenvalue weighted by molar-refractivity contribution is 0.101. The molecule has 26 heavy (non-hydrogen) atoms. The molecule has 3 nitrogen and oxygen atoms in total. The Balaban J connectivity index is 2.04. The van der Waals surface area contributed by atoms with Gasteiger partial charge in [0.05, 0.1) is 4.90 Å². The number of Topliss-reactive ketones (excluding diaryl/α,β-unsaturated/α-hetero) is 1. The monoisotopic (exact) mass is 382 g/mol. The molecule has 0 N–H and O–H groups in total. The van der Waals surface area contributed by atoms with Crippen molar-refractivity contribution in [1.29, 1.82) is 0 Å². The summed E-state index contributed by atoms with van der Waals surface area (Å²) in [6.07, 6.45) is 0. The lowest BCUT2D eigenvalue weighted by atomic mass is 10.1. The zero-order chi connectivity index (χ0) is 18.6. The van der Waals surface area contributed by atoms with Crippen molar-refractivity contribution in [2.24, 2.45) is 0 Å². The van der Waals surface area contributed by atoms with Crippen LogP contribution in [-0.4, -0.2) is 18.8 Å². The lowest BCUT2D eigenvalue weighted by Crippen LogP contribution is -2.27. The van der Waals surface area contributed by atoms with E-state index >= 15 is 0 Å². The molecule has 0 aliphatic rings. The highest BCUT2D eigenvalue weighted by atomic mass is 32.3. The van der Waals surface area contributed by atoms with Gasteiger partial charge in [-0.1, -0.05) is 78.0 Å². The van der Waals surface area contributed by atoms with Crippen molar-refractivity contribution in [3.8, 4) is 0 Å². The number of hydrogen-bond acceptors (Lipinski definition) is 4. The van der Waals surface area contributed by atoms with Gasteiger partial charge in [0.2, 0.25) is 0 Å². The minimum absolute atomic E-state index is 0.147. The van der Waals surface area contributed by atoms with Crippen molar-refractivity contribution < 1.29 is 13.2 Å². The third-order valence-electron chi connectivity index (χ3n) is 3.89. The molecule has 0 fully saturated rings. The molecule has 0 radical (unpaired) electrons. The molecule has 0 aliphatic carbocycles. The van der Waals surface area contributed by atoms with Gasteiger partial charge in [0.1, 0.15) is 0 Å². The lowest BCUT2D eigenvalue weighted by Gasteiger charge is -2.17. The molecule has 0 heterocycles. The maximum atomic E-state index is 13.2. The van der Waals surface area contributed by atoms with Crippen molar-refractivity contribution in [1.82, 2.24) is 0 Å². The topological polar surface area (TPSA) is 51.2 Å². The molecule has 3 aromatic rings. The van der Waals surface area contributed by atoms with E-state index in [4.69, 9.17) is 0 Å². The summed E-state index contributed by atoms with van der Waals surface area (Å²) in [4.78, 5) is 13.9. The first-order chi connectivity index (χ1) is 12.5. The van der Waals surface area contributed by atoms with Gasteiger partial charge in [-0.15, -0.1) is 0 Å². The largest absolute Gasteiger partial charge is 0.292 e. The number of thioether (sulfide) groups is 1. The Hall–Kier alpha value is -2.37. The second-order valence-corrected chi connectivity index (χ2v) is 9.36. The van der Waals surface area contributed by atoms with E-state index in [1.807, 2.05) is 31.2 Å². The summed E-state index contributed by atoms with van der Waals surface area (Å²) in [5, 5.41) is 0. The van der Waals surface area contributed by atoms with Crippen LogP contribution in [0.4, 0.5) is 0 Å². The van der Waals surface area contributed by atoms with E-state index in [1.165, 1.54) is 12.1 Å². The van der Waals surface area contributed by atoms with Crippen LogP contribution in [-0.2, 0) is 9.84 Å². The van der Waals surface area contributed by atoms with E-state index in [9.17, 15) is 13.2 Å². The van der Waals surface area contributed by atoms with E-state index in [1.54, 1.807) is 48.5 Å². The summed E-state index contributed by atoms with van der Waals surface area (Å²) in [6, 6.07) is 24.2. The highest BCUT2D eigenvalue weighted by Gasteiger charge is 2.35. The van der Waals surface area contributed by atoms with E-state index in [2.05, 4.69) is 0 Å². The van der Waals surface area contributed by atoms with E-state index in [0.717, 1.165) is 22.2 Å². The third kappa shape index (κ3) is 4.06. The Morgan fingerprint density at radius 1 is 0.808 bits per heavy atom. The highest BCUT2D eigenvalue weighted by molar-refractivity contribution is 8.14. The molecular formula is C21H18O3S2. The third-order valence-corrected chi connectivity index (χ3v) is 7.62. The molecule has 1 atom stereocenters. The van der Waals surface area contributed by atoms with Crippen LogP contribution in [0.15, 0.2) is 94.7 Å². The van der Waals surface area contributed by atoms with Gasteiger partial charge in [0.15, 0.2) is 20.2 Å². The number of carbonyl (C=O) groups is 1. The van der Waals surface area contributed by atoms with Crippen LogP contribution in [0.25, 0.3) is 0 Å². The second-order valence-electron chi connectivity index (χ2n) is 5.85. The second kappa shape index (κ2) is 7.89. The number of rotatable bonds is 6. The summed E-state index contributed by atoms with van der Waals surface area (Å²) >= 11 is 1.06. The van der Waals surface area contributed by atoms with Crippen LogP contribution in [0.5, 0.6) is 0 Å². The van der Waals surface area contributed by atoms with Crippen molar-refractivity contribution in [3.63, 3.8) is 0 Å². The number of sulfone groups is 1. The Morgan fingerprint density at radius 3 is 1.92 bits per heavy atom. The van der Waals surface area contributed by atoms with Crippen molar-refractivity contribution in [2.75, 3.05) is 0 Å². The van der Waals surface area contributed by atoms with E-state index < -0.39 is 20.2 Å². The minimum Gasteiger partial charge on any atom is -0.292 e. The van der Waals surface area contributed by atoms with Crippen LogP contribution >= 0.6 is 11.8 Å². The smallest absolute Gasteiger partial charge is 0.198 e. The molecule has 3 rings (SSSR count). The van der Waals surface area contributed by atoms with Gasteiger partial charge in [-0.3, -0.25) is 4.79 Å². The summed E-state index contributed by atoms with van der Waals surface area (Å²) in [6.45, 7) is 1.96. The Kier molecular flexibility index (Phi) is 5.59. The Morgan fingerprint density at radius 2 is 1.35 bits per heavy atom. The number of aryl methyl sites for hydroxylation is 1. The highest BCUT2D eigenvalue weighted by Crippen LogP contribution is 2.33. The summed E-state index contributed by atoms with van der Waals surface area (Å²) in [5.41, 5.74) is 1.46. The fraction of sp³-hybridized carbons (Fsp3) is 0.0952. The predicted octanol–water partition coefficient (Wildman–Crippen LogP) is 4.77. The summed E-state index contributed by atoms with van der Waals surface area (Å²) < 4.78 is 25.1. The number of benzene rings is 3. The first kappa shape index (κ1) is 18.4. The first-order valence-electron chi connectivity index (χ1n) is 8.10. The normalized spacial score (nSPS) is 12.5. The average Bonchev–Trinajstić information content (AvgIpc) is 2.68. The fourth-order valence-corrected chi connectivity index (χ4v) is 5.63. The zero-order valence-electron chi connectivity index (χ0n) is 14.2. The molecule has 5 heteroatoms. The van der Waals surface area contributed by atoms with E-state index in [0.29, 0.717) is 5.56 Å². The quantitative estimate of drug-likeness (QED) is 0.455. The molecule has 1 unspecified atom stereocenters. The van der Waals surface area contributed by atoms with Crippen molar-refractivity contribution >= 4 is 27.4 Å². The molecule has 0 bridgehead atoms. The zero-order valence-corrected chi connectivity index (χ0v) is 15.8.